The number of benzene rings is 2. The zero-order chi connectivity index (χ0) is 22.6. The molecule has 8 heteroatoms. The standard InChI is InChI=1S/C24H30ClN3O3S/c25-22-11-4-5-12-23(22)32(30,31)26-21-10-6-7-19(17-21)18-27-13-15-28(16-14-27)24(29)20-8-2-1-3-9-20/h4-7,10-12,17,20,26H,1-3,8-9,13-16,18H2. The summed E-state index contributed by atoms with van der Waals surface area (Å²) in [5.41, 5.74) is 1.53. The van der Waals surface area contributed by atoms with Crippen LogP contribution in [0.3, 0.4) is 0 Å². The Bertz CT molecular complexity index is 1050. The van der Waals surface area contributed by atoms with Gasteiger partial charge in [-0.25, -0.2) is 8.42 Å². The normalized spacial score (nSPS) is 18.5. The molecule has 1 aliphatic heterocycles. The van der Waals surface area contributed by atoms with Gasteiger partial charge in [-0.15, -0.1) is 0 Å². The highest BCUT2D eigenvalue weighted by molar-refractivity contribution is 7.92. The minimum atomic E-state index is -3.76. The van der Waals surface area contributed by atoms with Crippen LogP contribution >= 0.6 is 11.6 Å². The van der Waals surface area contributed by atoms with Gasteiger partial charge >= 0.3 is 0 Å². The van der Waals surface area contributed by atoms with Crippen LogP contribution in [0.15, 0.2) is 53.4 Å². The zero-order valence-electron chi connectivity index (χ0n) is 18.2. The van der Waals surface area contributed by atoms with Gasteiger partial charge in [0.15, 0.2) is 0 Å². The summed E-state index contributed by atoms with van der Waals surface area (Å²) in [6.45, 7) is 3.89. The number of rotatable bonds is 6. The Kier molecular flexibility index (Phi) is 7.38. The van der Waals surface area contributed by atoms with E-state index in [0.29, 0.717) is 18.1 Å². The molecule has 0 atom stereocenters. The molecule has 0 aromatic heterocycles. The van der Waals surface area contributed by atoms with Crippen LogP contribution in [-0.4, -0.2) is 50.3 Å². The number of hydrogen-bond acceptors (Lipinski definition) is 4. The molecule has 1 heterocycles. The lowest BCUT2D eigenvalue weighted by molar-refractivity contribution is -0.138. The smallest absolute Gasteiger partial charge is 0.263 e. The molecule has 172 valence electrons. The Labute approximate surface area is 195 Å². The van der Waals surface area contributed by atoms with E-state index in [9.17, 15) is 13.2 Å². The molecule has 2 fully saturated rings. The summed E-state index contributed by atoms with van der Waals surface area (Å²) >= 11 is 6.06. The highest BCUT2D eigenvalue weighted by atomic mass is 35.5. The van der Waals surface area contributed by atoms with Crippen LogP contribution in [0.5, 0.6) is 0 Å². The van der Waals surface area contributed by atoms with E-state index in [1.165, 1.54) is 25.3 Å². The molecule has 2 aromatic rings. The van der Waals surface area contributed by atoms with E-state index >= 15 is 0 Å². The van der Waals surface area contributed by atoms with E-state index in [2.05, 4.69) is 9.62 Å². The Morgan fingerprint density at radius 1 is 0.969 bits per heavy atom. The van der Waals surface area contributed by atoms with Gasteiger partial charge in [-0.2, -0.15) is 0 Å². The molecule has 1 N–H and O–H groups in total. The SMILES string of the molecule is O=C(C1CCCCC1)N1CCN(Cc2cccc(NS(=O)(=O)c3ccccc3Cl)c2)CC1. The number of carbonyl (C=O) groups is 1. The summed E-state index contributed by atoms with van der Waals surface area (Å²) in [6.07, 6.45) is 5.68. The van der Waals surface area contributed by atoms with Crippen LogP contribution in [0.25, 0.3) is 0 Å². The second-order valence-corrected chi connectivity index (χ2v) is 10.7. The predicted octanol–water partition coefficient (Wildman–Crippen LogP) is 4.37. The molecule has 6 nitrogen and oxygen atoms in total. The number of nitrogens with zero attached hydrogens (tertiary/aromatic N) is 2. The lowest BCUT2D eigenvalue weighted by Gasteiger charge is -2.37. The van der Waals surface area contributed by atoms with E-state index in [-0.39, 0.29) is 15.8 Å². The summed E-state index contributed by atoms with van der Waals surface area (Å²) in [5.74, 6) is 0.554. The van der Waals surface area contributed by atoms with Crippen molar-refractivity contribution in [3.8, 4) is 0 Å². The van der Waals surface area contributed by atoms with Crippen molar-refractivity contribution in [2.24, 2.45) is 5.92 Å². The fraction of sp³-hybridized carbons (Fsp3) is 0.458. The summed E-state index contributed by atoms with van der Waals surface area (Å²) in [5, 5.41) is 0.191. The van der Waals surface area contributed by atoms with Gasteiger partial charge in [-0.3, -0.25) is 14.4 Å². The number of hydrogen-bond donors (Lipinski definition) is 1. The summed E-state index contributed by atoms with van der Waals surface area (Å²) < 4.78 is 28.0. The first kappa shape index (κ1) is 23.1. The quantitative estimate of drug-likeness (QED) is 0.673. The Hall–Kier alpha value is -2.09. The minimum absolute atomic E-state index is 0.0609. The van der Waals surface area contributed by atoms with Crippen LogP contribution in [0.2, 0.25) is 5.02 Å². The first-order chi connectivity index (χ1) is 15.4. The highest BCUT2D eigenvalue weighted by Crippen LogP contribution is 2.26. The van der Waals surface area contributed by atoms with E-state index in [4.69, 9.17) is 11.6 Å². The van der Waals surface area contributed by atoms with Crippen molar-refractivity contribution in [3.63, 3.8) is 0 Å². The van der Waals surface area contributed by atoms with Gasteiger partial charge in [0.05, 0.1) is 5.02 Å². The number of amides is 1. The van der Waals surface area contributed by atoms with Crippen LogP contribution in [0.4, 0.5) is 5.69 Å². The molecule has 1 aliphatic carbocycles. The molecule has 1 saturated carbocycles. The monoisotopic (exact) mass is 475 g/mol. The minimum Gasteiger partial charge on any atom is -0.340 e. The molecular formula is C24H30ClN3O3S. The van der Waals surface area contributed by atoms with E-state index in [1.54, 1.807) is 24.3 Å². The number of anilines is 1. The third-order valence-electron chi connectivity index (χ3n) is 6.35. The average molecular weight is 476 g/mol. The van der Waals surface area contributed by atoms with Crippen molar-refractivity contribution in [3.05, 3.63) is 59.1 Å². The third kappa shape index (κ3) is 5.63. The molecular weight excluding hydrogens is 446 g/mol. The van der Waals surface area contributed by atoms with Crippen molar-refractivity contribution in [1.82, 2.24) is 9.80 Å². The second-order valence-electron chi connectivity index (χ2n) is 8.67. The van der Waals surface area contributed by atoms with Crippen molar-refractivity contribution < 1.29 is 13.2 Å². The third-order valence-corrected chi connectivity index (χ3v) is 8.23. The molecule has 0 bridgehead atoms. The van der Waals surface area contributed by atoms with Gasteiger partial charge in [-0.1, -0.05) is 55.1 Å². The van der Waals surface area contributed by atoms with Gasteiger partial charge < -0.3 is 4.90 Å². The van der Waals surface area contributed by atoms with E-state index in [1.807, 2.05) is 23.1 Å². The van der Waals surface area contributed by atoms with E-state index in [0.717, 1.165) is 44.6 Å². The van der Waals surface area contributed by atoms with Gasteiger partial charge in [0.25, 0.3) is 10.0 Å². The van der Waals surface area contributed by atoms with Crippen LogP contribution < -0.4 is 4.72 Å². The topological polar surface area (TPSA) is 69.7 Å². The van der Waals surface area contributed by atoms with Crippen molar-refractivity contribution in [2.75, 3.05) is 30.9 Å². The molecule has 0 spiro atoms. The lowest BCUT2D eigenvalue weighted by atomic mass is 9.88. The van der Waals surface area contributed by atoms with Crippen LogP contribution in [-0.2, 0) is 21.4 Å². The molecule has 0 unspecified atom stereocenters. The van der Waals surface area contributed by atoms with Crippen LogP contribution in [0, 0.1) is 5.92 Å². The number of nitrogens with one attached hydrogen (secondary N) is 1. The molecule has 2 aromatic carbocycles. The fourth-order valence-electron chi connectivity index (χ4n) is 4.60. The van der Waals surface area contributed by atoms with Crippen molar-refractivity contribution in [1.29, 1.82) is 0 Å². The van der Waals surface area contributed by atoms with Gasteiger partial charge in [0.2, 0.25) is 5.91 Å². The molecule has 4 rings (SSSR count). The maximum Gasteiger partial charge on any atom is 0.263 e. The maximum absolute atomic E-state index is 12.8. The second kappa shape index (κ2) is 10.2. The number of carbonyl (C=O) groups excluding carboxylic acids is 1. The summed E-state index contributed by atoms with van der Waals surface area (Å²) in [4.78, 5) is 17.2. The summed E-state index contributed by atoms with van der Waals surface area (Å²) in [7, 11) is -3.76. The van der Waals surface area contributed by atoms with Gasteiger partial charge in [0, 0.05) is 44.3 Å². The zero-order valence-corrected chi connectivity index (χ0v) is 19.7. The lowest BCUT2D eigenvalue weighted by Crippen LogP contribution is -2.50. The molecule has 32 heavy (non-hydrogen) atoms. The molecule has 1 amide bonds. The first-order valence-corrected chi connectivity index (χ1v) is 13.2. The Morgan fingerprint density at radius 3 is 2.41 bits per heavy atom. The first-order valence-electron chi connectivity index (χ1n) is 11.3. The van der Waals surface area contributed by atoms with Gasteiger partial charge in [0.1, 0.15) is 4.90 Å². The fourth-order valence-corrected chi connectivity index (χ4v) is 6.17. The number of halogens is 1. The number of sulfonamides is 1. The Balaban J connectivity index is 1.34. The summed E-state index contributed by atoms with van der Waals surface area (Å²) in [6, 6.07) is 13.8. The number of piperazine rings is 1. The van der Waals surface area contributed by atoms with Crippen molar-refractivity contribution in [2.45, 2.75) is 43.5 Å². The average Bonchev–Trinajstić information content (AvgIpc) is 2.80. The van der Waals surface area contributed by atoms with Gasteiger partial charge in [-0.05, 0) is 42.7 Å². The van der Waals surface area contributed by atoms with Crippen LogP contribution in [0.1, 0.15) is 37.7 Å². The molecule has 1 saturated heterocycles. The Morgan fingerprint density at radius 2 is 1.69 bits per heavy atom. The van der Waals surface area contributed by atoms with E-state index < -0.39 is 10.0 Å². The molecule has 0 radical (unpaired) electrons. The largest absolute Gasteiger partial charge is 0.340 e. The highest BCUT2D eigenvalue weighted by Gasteiger charge is 2.28. The van der Waals surface area contributed by atoms with Crippen molar-refractivity contribution >= 4 is 33.2 Å². The molecule has 2 aliphatic rings. The maximum atomic E-state index is 12.8. The predicted molar refractivity (Wildman–Crippen MR) is 127 cm³/mol.